The van der Waals surface area contributed by atoms with Crippen LogP contribution in [0.15, 0.2) is 24.3 Å². The Kier molecular flexibility index (Phi) is 5.27. The molecule has 1 atom stereocenters. The summed E-state index contributed by atoms with van der Waals surface area (Å²) in [4.78, 5) is 10.8. The molecule has 0 heterocycles. The summed E-state index contributed by atoms with van der Waals surface area (Å²) in [5.41, 5.74) is -0.678. The molecule has 0 amide bonds. The molecule has 0 aliphatic heterocycles. The van der Waals surface area contributed by atoms with E-state index in [2.05, 4.69) is 4.72 Å². The lowest BCUT2D eigenvalue weighted by molar-refractivity contribution is 0.0613. The Morgan fingerprint density at radius 3 is 2.60 bits per heavy atom. The number of hydrogen-bond donors (Lipinski definition) is 3. The summed E-state index contributed by atoms with van der Waals surface area (Å²) in [7, 11) is -3.62. The van der Waals surface area contributed by atoms with Crippen molar-refractivity contribution in [3.8, 4) is 0 Å². The Labute approximate surface area is 118 Å². The molecule has 20 heavy (non-hydrogen) atoms. The van der Waals surface area contributed by atoms with Gasteiger partial charge in [0.25, 0.3) is 0 Å². The molecule has 112 valence electrons. The molecule has 0 aliphatic rings. The molecular formula is C13H19NO5S. The smallest absolute Gasteiger partial charge is 0.335 e. The highest BCUT2D eigenvalue weighted by Gasteiger charge is 2.21. The molecule has 0 fully saturated rings. The van der Waals surface area contributed by atoms with Crippen molar-refractivity contribution in [3.05, 3.63) is 35.4 Å². The van der Waals surface area contributed by atoms with Crippen LogP contribution in [0.25, 0.3) is 0 Å². The fourth-order valence-corrected chi connectivity index (χ4v) is 2.71. The standard InChI is InChI=1S/C13H19NO5S/c1-3-13(2,17)9-14-20(18,19)8-10-5-4-6-11(7-10)12(15)16/h4-7,14,17H,3,8-9H2,1-2H3,(H,15,16). The van der Waals surface area contributed by atoms with E-state index in [4.69, 9.17) is 5.11 Å². The van der Waals surface area contributed by atoms with E-state index >= 15 is 0 Å². The highest BCUT2D eigenvalue weighted by atomic mass is 32.2. The number of aliphatic hydroxyl groups is 1. The van der Waals surface area contributed by atoms with Crippen LogP contribution in [0, 0.1) is 0 Å². The summed E-state index contributed by atoms with van der Waals surface area (Å²) >= 11 is 0. The first-order chi connectivity index (χ1) is 9.15. The highest BCUT2D eigenvalue weighted by molar-refractivity contribution is 7.88. The number of aromatic carboxylic acids is 1. The number of carboxylic acids is 1. The number of carboxylic acid groups (broad SMARTS) is 1. The minimum atomic E-state index is -3.62. The lowest BCUT2D eigenvalue weighted by Crippen LogP contribution is -2.40. The number of nitrogens with one attached hydrogen (secondary N) is 1. The maximum atomic E-state index is 11.9. The van der Waals surface area contributed by atoms with E-state index < -0.39 is 21.6 Å². The van der Waals surface area contributed by atoms with Gasteiger partial charge in [-0.1, -0.05) is 19.1 Å². The third kappa shape index (κ3) is 5.28. The maximum Gasteiger partial charge on any atom is 0.335 e. The van der Waals surface area contributed by atoms with Gasteiger partial charge in [-0.15, -0.1) is 0 Å². The summed E-state index contributed by atoms with van der Waals surface area (Å²) in [5.74, 6) is -1.43. The second-order valence-corrected chi connectivity index (χ2v) is 6.74. The van der Waals surface area contributed by atoms with E-state index in [-0.39, 0.29) is 17.9 Å². The van der Waals surface area contributed by atoms with Gasteiger partial charge in [-0.3, -0.25) is 0 Å². The van der Waals surface area contributed by atoms with E-state index in [1.807, 2.05) is 0 Å². The van der Waals surface area contributed by atoms with E-state index in [1.165, 1.54) is 18.2 Å². The number of sulfonamides is 1. The van der Waals surface area contributed by atoms with Gasteiger partial charge in [-0.2, -0.15) is 0 Å². The number of carbonyl (C=O) groups is 1. The molecule has 0 saturated carbocycles. The van der Waals surface area contributed by atoms with Crippen molar-refractivity contribution in [2.75, 3.05) is 6.54 Å². The second-order valence-electron chi connectivity index (χ2n) is 4.94. The number of hydrogen-bond acceptors (Lipinski definition) is 4. The van der Waals surface area contributed by atoms with Crippen LogP contribution in [0.5, 0.6) is 0 Å². The van der Waals surface area contributed by atoms with Gasteiger partial charge < -0.3 is 10.2 Å². The van der Waals surface area contributed by atoms with Crippen molar-refractivity contribution in [2.45, 2.75) is 31.6 Å². The van der Waals surface area contributed by atoms with Crippen molar-refractivity contribution < 1.29 is 23.4 Å². The molecular weight excluding hydrogens is 282 g/mol. The normalized spacial score (nSPS) is 14.8. The molecule has 0 spiro atoms. The molecule has 1 unspecified atom stereocenters. The van der Waals surface area contributed by atoms with Crippen LogP contribution >= 0.6 is 0 Å². The second kappa shape index (κ2) is 6.34. The molecule has 1 aromatic rings. The van der Waals surface area contributed by atoms with E-state index in [9.17, 15) is 18.3 Å². The Bertz CT molecular complexity index is 580. The third-order valence-corrected chi connectivity index (χ3v) is 4.26. The highest BCUT2D eigenvalue weighted by Crippen LogP contribution is 2.11. The fourth-order valence-electron chi connectivity index (χ4n) is 1.46. The molecule has 1 rings (SSSR count). The zero-order valence-corrected chi connectivity index (χ0v) is 12.3. The molecule has 0 aliphatic carbocycles. The van der Waals surface area contributed by atoms with Crippen LogP contribution in [0.3, 0.4) is 0 Å². The minimum Gasteiger partial charge on any atom is -0.478 e. The van der Waals surface area contributed by atoms with Crippen LogP contribution in [0.1, 0.15) is 36.2 Å². The van der Waals surface area contributed by atoms with Crippen molar-refractivity contribution in [1.29, 1.82) is 0 Å². The molecule has 6 nitrogen and oxygen atoms in total. The van der Waals surface area contributed by atoms with Gasteiger partial charge in [0.15, 0.2) is 0 Å². The third-order valence-electron chi connectivity index (χ3n) is 2.97. The van der Waals surface area contributed by atoms with Crippen LogP contribution in [-0.2, 0) is 15.8 Å². The molecule has 1 aromatic carbocycles. The topological polar surface area (TPSA) is 104 Å². The van der Waals surface area contributed by atoms with Crippen LogP contribution in [0.4, 0.5) is 0 Å². The molecule has 0 aromatic heterocycles. The van der Waals surface area contributed by atoms with Crippen molar-refractivity contribution in [3.63, 3.8) is 0 Å². The van der Waals surface area contributed by atoms with Crippen molar-refractivity contribution in [2.24, 2.45) is 0 Å². The van der Waals surface area contributed by atoms with Gasteiger partial charge in [-0.05, 0) is 31.0 Å². The van der Waals surface area contributed by atoms with Gasteiger partial charge in [0.2, 0.25) is 10.0 Å². The zero-order chi connectivity index (χ0) is 15.4. The Morgan fingerprint density at radius 1 is 1.40 bits per heavy atom. The Morgan fingerprint density at radius 2 is 2.05 bits per heavy atom. The van der Waals surface area contributed by atoms with E-state index in [0.717, 1.165) is 0 Å². The first-order valence-corrected chi connectivity index (χ1v) is 7.82. The van der Waals surface area contributed by atoms with Gasteiger partial charge in [0, 0.05) is 6.54 Å². The lowest BCUT2D eigenvalue weighted by Gasteiger charge is -2.21. The van der Waals surface area contributed by atoms with Gasteiger partial charge in [-0.25, -0.2) is 17.9 Å². The van der Waals surface area contributed by atoms with Gasteiger partial charge in [0.05, 0.1) is 16.9 Å². The number of rotatable bonds is 7. The van der Waals surface area contributed by atoms with Gasteiger partial charge in [0.1, 0.15) is 0 Å². The Balaban J connectivity index is 2.76. The quantitative estimate of drug-likeness (QED) is 0.696. The largest absolute Gasteiger partial charge is 0.478 e. The zero-order valence-electron chi connectivity index (χ0n) is 11.5. The van der Waals surface area contributed by atoms with Gasteiger partial charge >= 0.3 is 5.97 Å². The first-order valence-electron chi connectivity index (χ1n) is 6.17. The maximum absolute atomic E-state index is 11.9. The van der Waals surface area contributed by atoms with Crippen LogP contribution < -0.4 is 4.72 Å². The molecule has 3 N–H and O–H groups in total. The average Bonchev–Trinajstić information content (AvgIpc) is 2.36. The number of benzene rings is 1. The SMILES string of the molecule is CCC(C)(O)CNS(=O)(=O)Cc1cccc(C(=O)O)c1. The summed E-state index contributed by atoms with van der Waals surface area (Å²) in [6, 6.07) is 5.76. The Hall–Kier alpha value is -1.44. The van der Waals surface area contributed by atoms with Crippen LogP contribution in [0.2, 0.25) is 0 Å². The summed E-state index contributed by atoms with van der Waals surface area (Å²) in [6.45, 7) is 3.22. The van der Waals surface area contributed by atoms with E-state index in [1.54, 1.807) is 19.9 Å². The molecule has 0 bridgehead atoms. The predicted octanol–water partition coefficient (Wildman–Crippen LogP) is 0.965. The molecule has 0 saturated heterocycles. The summed E-state index contributed by atoms with van der Waals surface area (Å²) in [6.07, 6.45) is 0.421. The predicted molar refractivity (Wildman–Crippen MR) is 74.9 cm³/mol. The van der Waals surface area contributed by atoms with Crippen molar-refractivity contribution >= 4 is 16.0 Å². The van der Waals surface area contributed by atoms with E-state index in [0.29, 0.717) is 12.0 Å². The summed E-state index contributed by atoms with van der Waals surface area (Å²) in [5, 5.41) is 18.6. The monoisotopic (exact) mass is 301 g/mol. The summed E-state index contributed by atoms with van der Waals surface area (Å²) < 4.78 is 26.1. The minimum absolute atomic E-state index is 0.0401. The molecule has 7 heteroatoms. The average molecular weight is 301 g/mol. The fraction of sp³-hybridized carbons (Fsp3) is 0.462. The first kappa shape index (κ1) is 16.6. The van der Waals surface area contributed by atoms with Crippen LogP contribution in [-0.4, -0.2) is 36.7 Å². The van der Waals surface area contributed by atoms with Crippen molar-refractivity contribution in [1.82, 2.24) is 4.72 Å². The lowest BCUT2D eigenvalue weighted by atomic mass is 10.1. The molecule has 0 radical (unpaired) electrons.